The third-order valence-electron chi connectivity index (χ3n) is 3.96. The lowest BCUT2D eigenvalue weighted by atomic mass is 10.2. The summed E-state index contributed by atoms with van der Waals surface area (Å²) in [4.78, 5) is 20.6. The van der Waals surface area contributed by atoms with E-state index in [0.29, 0.717) is 33.4 Å². The Morgan fingerprint density at radius 1 is 1.17 bits per heavy atom. The molecular formula is C19H14ClFN6OS. The number of aromatic nitrogens is 5. The minimum absolute atomic E-state index is 0.0900. The van der Waals surface area contributed by atoms with Gasteiger partial charge in [-0.1, -0.05) is 46.8 Å². The van der Waals surface area contributed by atoms with Crippen LogP contribution in [0.15, 0.2) is 59.9 Å². The number of halogens is 2. The van der Waals surface area contributed by atoms with E-state index in [0.717, 1.165) is 5.56 Å². The molecule has 0 saturated carbocycles. The number of anilines is 1. The molecular weight excluding hydrogens is 415 g/mol. The van der Waals surface area contributed by atoms with E-state index in [4.69, 9.17) is 11.6 Å². The van der Waals surface area contributed by atoms with Crippen molar-refractivity contribution in [1.29, 1.82) is 0 Å². The van der Waals surface area contributed by atoms with Crippen LogP contribution in [0.2, 0.25) is 5.02 Å². The molecule has 0 spiro atoms. The molecule has 0 saturated heterocycles. The van der Waals surface area contributed by atoms with Gasteiger partial charge in [-0.15, -0.1) is 5.10 Å². The topological polar surface area (TPSA) is 85.6 Å². The number of amides is 1. The Hall–Kier alpha value is -3.04. The van der Waals surface area contributed by atoms with E-state index in [1.54, 1.807) is 10.7 Å². The largest absolute Gasteiger partial charge is 0.325 e. The summed E-state index contributed by atoms with van der Waals surface area (Å²) in [5, 5.41) is 12.2. The van der Waals surface area contributed by atoms with Crippen molar-refractivity contribution in [1.82, 2.24) is 25.0 Å². The molecule has 2 aromatic heterocycles. The molecule has 0 fully saturated rings. The average Bonchev–Trinajstić information content (AvgIpc) is 3.12. The molecule has 10 heteroatoms. The lowest BCUT2D eigenvalue weighted by molar-refractivity contribution is -0.113. The van der Waals surface area contributed by atoms with E-state index in [9.17, 15) is 9.18 Å². The van der Waals surface area contributed by atoms with Crippen LogP contribution in [-0.4, -0.2) is 36.6 Å². The number of nitrogens with zero attached hydrogens (tertiary/aromatic N) is 5. The molecule has 1 N–H and O–H groups in total. The maximum atomic E-state index is 13.2. The van der Waals surface area contributed by atoms with Crippen LogP contribution < -0.4 is 5.32 Å². The van der Waals surface area contributed by atoms with E-state index in [1.165, 1.54) is 36.3 Å². The van der Waals surface area contributed by atoms with Crippen LogP contribution in [0.25, 0.3) is 11.2 Å². The molecule has 2 aromatic carbocycles. The first kappa shape index (κ1) is 19.3. The highest BCUT2D eigenvalue weighted by Gasteiger charge is 2.14. The molecule has 29 heavy (non-hydrogen) atoms. The second kappa shape index (κ2) is 8.54. The lowest BCUT2D eigenvalue weighted by Crippen LogP contribution is -2.14. The van der Waals surface area contributed by atoms with Gasteiger partial charge in [-0.25, -0.2) is 19.0 Å². The van der Waals surface area contributed by atoms with Crippen LogP contribution in [0.4, 0.5) is 10.1 Å². The first-order valence-corrected chi connectivity index (χ1v) is 9.92. The van der Waals surface area contributed by atoms with Gasteiger partial charge in [-0.3, -0.25) is 4.79 Å². The zero-order valence-corrected chi connectivity index (χ0v) is 16.5. The number of rotatable bonds is 6. The summed E-state index contributed by atoms with van der Waals surface area (Å²) in [5.74, 6) is -0.599. The Labute approximate surface area is 174 Å². The predicted octanol–water partition coefficient (Wildman–Crippen LogP) is 3.79. The molecule has 4 rings (SSSR count). The molecule has 0 atom stereocenters. The van der Waals surface area contributed by atoms with Crippen molar-refractivity contribution in [3.05, 3.63) is 71.3 Å². The maximum Gasteiger partial charge on any atom is 0.234 e. The normalized spacial score (nSPS) is 11.0. The second-order valence-corrected chi connectivity index (χ2v) is 7.47. The molecule has 2 heterocycles. The Bertz CT molecular complexity index is 1170. The van der Waals surface area contributed by atoms with Crippen molar-refractivity contribution in [2.75, 3.05) is 11.1 Å². The van der Waals surface area contributed by atoms with Gasteiger partial charge in [-0.2, -0.15) is 0 Å². The molecule has 4 aromatic rings. The number of benzene rings is 2. The van der Waals surface area contributed by atoms with Crippen LogP contribution in [0.1, 0.15) is 5.56 Å². The summed E-state index contributed by atoms with van der Waals surface area (Å²) in [6.07, 6.45) is 1.41. The number of hydrogen-bond donors (Lipinski definition) is 1. The summed E-state index contributed by atoms with van der Waals surface area (Å²) in [5.41, 5.74) is 2.49. The average molecular weight is 429 g/mol. The molecule has 0 unspecified atom stereocenters. The number of carbonyl (C=O) groups excluding carboxylic acids is 1. The van der Waals surface area contributed by atoms with Crippen LogP contribution in [0.3, 0.4) is 0 Å². The molecule has 7 nitrogen and oxygen atoms in total. The van der Waals surface area contributed by atoms with Crippen molar-refractivity contribution >= 4 is 46.1 Å². The monoisotopic (exact) mass is 428 g/mol. The smallest absolute Gasteiger partial charge is 0.234 e. The summed E-state index contributed by atoms with van der Waals surface area (Å²) in [6.45, 7) is 0.481. The molecule has 0 aliphatic rings. The van der Waals surface area contributed by atoms with Gasteiger partial charge in [0.2, 0.25) is 5.91 Å². The van der Waals surface area contributed by atoms with Crippen LogP contribution >= 0.6 is 23.4 Å². The van der Waals surface area contributed by atoms with Crippen molar-refractivity contribution in [2.45, 2.75) is 11.6 Å². The fourth-order valence-corrected chi connectivity index (χ4v) is 3.50. The summed E-state index contributed by atoms with van der Waals surface area (Å²) in [7, 11) is 0. The highest BCUT2D eigenvalue weighted by Crippen LogP contribution is 2.23. The molecule has 0 bridgehead atoms. The molecule has 0 radical (unpaired) electrons. The fraction of sp³-hybridized carbons (Fsp3) is 0.105. The van der Waals surface area contributed by atoms with Gasteiger partial charge in [0.05, 0.1) is 12.3 Å². The molecule has 146 valence electrons. The van der Waals surface area contributed by atoms with E-state index in [1.807, 2.05) is 24.3 Å². The summed E-state index contributed by atoms with van der Waals surface area (Å²) in [6, 6.07) is 13.2. The van der Waals surface area contributed by atoms with Crippen molar-refractivity contribution in [3.63, 3.8) is 0 Å². The Morgan fingerprint density at radius 3 is 2.79 bits per heavy atom. The molecule has 1 amide bonds. The number of carbonyl (C=O) groups is 1. The minimum Gasteiger partial charge on any atom is -0.325 e. The minimum atomic E-state index is -0.412. The Balaban J connectivity index is 1.46. The third-order valence-corrected chi connectivity index (χ3v) is 5.19. The van der Waals surface area contributed by atoms with Crippen molar-refractivity contribution < 1.29 is 9.18 Å². The Kier molecular flexibility index (Phi) is 5.68. The van der Waals surface area contributed by atoms with E-state index in [2.05, 4.69) is 25.6 Å². The van der Waals surface area contributed by atoms with Gasteiger partial charge in [0.25, 0.3) is 0 Å². The van der Waals surface area contributed by atoms with Gasteiger partial charge in [0.15, 0.2) is 11.2 Å². The van der Waals surface area contributed by atoms with E-state index in [-0.39, 0.29) is 11.7 Å². The van der Waals surface area contributed by atoms with Crippen molar-refractivity contribution in [2.24, 2.45) is 0 Å². The second-order valence-electron chi connectivity index (χ2n) is 6.07. The van der Waals surface area contributed by atoms with E-state index < -0.39 is 5.82 Å². The summed E-state index contributed by atoms with van der Waals surface area (Å²) >= 11 is 7.13. The third kappa shape index (κ3) is 4.69. The van der Waals surface area contributed by atoms with Gasteiger partial charge in [0.1, 0.15) is 17.2 Å². The first-order valence-electron chi connectivity index (χ1n) is 8.55. The van der Waals surface area contributed by atoms with Crippen LogP contribution in [0, 0.1) is 5.82 Å². The van der Waals surface area contributed by atoms with Gasteiger partial charge in [-0.05, 0) is 35.9 Å². The highest BCUT2D eigenvalue weighted by molar-refractivity contribution is 8.00. The number of thioether (sulfide) groups is 1. The van der Waals surface area contributed by atoms with Gasteiger partial charge < -0.3 is 5.32 Å². The highest BCUT2D eigenvalue weighted by atomic mass is 35.5. The van der Waals surface area contributed by atoms with E-state index >= 15 is 0 Å². The zero-order chi connectivity index (χ0) is 20.2. The number of hydrogen-bond acceptors (Lipinski definition) is 6. The quantitative estimate of drug-likeness (QED) is 0.371. The van der Waals surface area contributed by atoms with Crippen LogP contribution in [-0.2, 0) is 11.3 Å². The number of fused-ring (bicyclic) bond motifs is 1. The predicted molar refractivity (Wildman–Crippen MR) is 109 cm³/mol. The van der Waals surface area contributed by atoms with Crippen LogP contribution in [0.5, 0.6) is 0 Å². The lowest BCUT2D eigenvalue weighted by Gasteiger charge is -2.05. The molecule has 0 aliphatic carbocycles. The van der Waals surface area contributed by atoms with Gasteiger partial charge >= 0.3 is 0 Å². The zero-order valence-electron chi connectivity index (χ0n) is 14.9. The molecule has 0 aliphatic heterocycles. The maximum absolute atomic E-state index is 13.2. The first-order chi connectivity index (χ1) is 14.1. The Morgan fingerprint density at radius 2 is 2.00 bits per heavy atom. The summed E-state index contributed by atoms with van der Waals surface area (Å²) < 4.78 is 14.9. The van der Waals surface area contributed by atoms with Gasteiger partial charge in [0, 0.05) is 10.7 Å². The van der Waals surface area contributed by atoms with Crippen molar-refractivity contribution in [3.8, 4) is 0 Å². The number of nitrogens with one attached hydrogen (secondary N) is 1. The standard InChI is InChI=1S/C19H14ClFN6OS/c20-13-6-4-12(5-7-13)9-27-18-17(25-26-27)19(23-11-22-18)29-10-16(28)24-15-3-1-2-14(21)8-15/h1-8,11H,9-10H2,(H,24,28). The fourth-order valence-electron chi connectivity index (χ4n) is 2.64. The SMILES string of the molecule is O=C(CSc1ncnc2c1nnn2Cc1ccc(Cl)cc1)Nc1cccc(F)c1.